The summed E-state index contributed by atoms with van der Waals surface area (Å²) in [6.07, 6.45) is 0.328. The van der Waals surface area contributed by atoms with Gasteiger partial charge in [0.2, 0.25) is 5.91 Å². The zero-order valence-corrected chi connectivity index (χ0v) is 13.0. The number of carbonyl (C=O) groups excluding carboxylic acids is 2. The van der Waals surface area contributed by atoms with Gasteiger partial charge in [0.25, 0.3) is 0 Å². The fourth-order valence-electron chi connectivity index (χ4n) is 1.59. The molecule has 0 radical (unpaired) electrons. The first-order valence-corrected chi connectivity index (χ1v) is 6.78. The van der Waals surface area contributed by atoms with Crippen molar-refractivity contribution in [2.75, 3.05) is 33.9 Å². The standard InChI is InChI=1S/C13H25N3O5/c1-9(2)7-10(12(18)19)15-13(20)16(3)8-11(17)14-5-6-21-4/h9-10H,5-8H2,1-4H3,(H,14,17)(H,15,20)(H,18,19)/t10-/m1/s1. The van der Waals surface area contributed by atoms with Crippen molar-refractivity contribution in [3.63, 3.8) is 0 Å². The molecule has 8 nitrogen and oxygen atoms in total. The molecule has 0 aromatic heterocycles. The summed E-state index contributed by atoms with van der Waals surface area (Å²) in [6.45, 7) is 4.33. The van der Waals surface area contributed by atoms with Crippen molar-refractivity contribution in [3.8, 4) is 0 Å². The summed E-state index contributed by atoms with van der Waals surface area (Å²) in [5, 5.41) is 14.0. The van der Waals surface area contributed by atoms with E-state index in [2.05, 4.69) is 10.6 Å². The number of carbonyl (C=O) groups is 3. The normalized spacial score (nSPS) is 11.9. The van der Waals surface area contributed by atoms with E-state index < -0.39 is 18.0 Å². The van der Waals surface area contributed by atoms with Gasteiger partial charge in [0, 0.05) is 20.7 Å². The van der Waals surface area contributed by atoms with Crippen LogP contribution in [0.3, 0.4) is 0 Å². The van der Waals surface area contributed by atoms with Crippen LogP contribution in [0, 0.1) is 5.92 Å². The van der Waals surface area contributed by atoms with Crippen molar-refractivity contribution in [1.82, 2.24) is 15.5 Å². The third kappa shape index (κ3) is 8.85. The summed E-state index contributed by atoms with van der Waals surface area (Å²) >= 11 is 0. The maximum atomic E-state index is 11.9. The van der Waals surface area contributed by atoms with Gasteiger partial charge in [-0.25, -0.2) is 9.59 Å². The van der Waals surface area contributed by atoms with Crippen molar-refractivity contribution < 1.29 is 24.2 Å². The Morgan fingerprint density at radius 3 is 2.38 bits per heavy atom. The molecule has 1 atom stereocenters. The number of aliphatic carboxylic acids is 1. The third-order valence-corrected chi connectivity index (χ3v) is 2.66. The minimum absolute atomic E-state index is 0.133. The molecule has 0 aliphatic rings. The highest BCUT2D eigenvalue weighted by Crippen LogP contribution is 2.05. The van der Waals surface area contributed by atoms with Gasteiger partial charge in [0.05, 0.1) is 6.61 Å². The lowest BCUT2D eigenvalue weighted by atomic mass is 10.0. The minimum Gasteiger partial charge on any atom is -0.480 e. The molecule has 8 heteroatoms. The summed E-state index contributed by atoms with van der Waals surface area (Å²) < 4.78 is 4.79. The molecule has 0 aromatic rings. The highest BCUT2D eigenvalue weighted by molar-refractivity contribution is 5.86. The number of carboxylic acid groups (broad SMARTS) is 1. The molecule has 0 unspecified atom stereocenters. The number of likely N-dealkylation sites (N-methyl/N-ethyl adjacent to an activating group) is 1. The quantitative estimate of drug-likeness (QED) is 0.515. The Morgan fingerprint density at radius 2 is 1.90 bits per heavy atom. The molecule has 0 saturated carbocycles. The Morgan fingerprint density at radius 1 is 1.29 bits per heavy atom. The Kier molecular flexibility index (Phi) is 9.11. The van der Waals surface area contributed by atoms with Gasteiger partial charge < -0.3 is 25.4 Å². The Bertz CT molecular complexity index is 360. The van der Waals surface area contributed by atoms with Crippen LogP contribution < -0.4 is 10.6 Å². The van der Waals surface area contributed by atoms with Crippen LogP contribution in [-0.4, -0.2) is 67.8 Å². The second-order valence-corrected chi connectivity index (χ2v) is 5.17. The van der Waals surface area contributed by atoms with Crippen molar-refractivity contribution in [1.29, 1.82) is 0 Å². The molecule has 0 rings (SSSR count). The predicted molar refractivity (Wildman–Crippen MR) is 76.9 cm³/mol. The Labute approximate surface area is 124 Å². The lowest BCUT2D eigenvalue weighted by Crippen LogP contribution is -2.49. The number of rotatable bonds is 9. The monoisotopic (exact) mass is 303 g/mol. The van der Waals surface area contributed by atoms with Gasteiger partial charge in [0.1, 0.15) is 12.6 Å². The molecule has 0 heterocycles. The molecule has 21 heavy (non-hydrogen) atoms. The lowest BCUT2D eigenvalue weighted by Gasteiger charge is -2.22. The number of hydrogen-bond donors (Lipinski definition) is 3. The maximum absolute atomic E-state index is 11.9. The van der Waals surface area contributed by atoms with E-state index in [-0.39, 0.29) is 18.4 Å². The highest BCUT2D eigenvalue weighted by Gasteiger charge is 2.23. The molecule has 0 saturated heterocycles. The van der Waals surface area contributed by atoms with Crippen LogP contribution >= 0.6 is 0 Å². The summed E-state index contributed by atoms with van der Waals surface area (Å²) in [7, 11) is 2.95. The molecule has 122 valence electrons. The van der Waals surface area contributed by atoms with Gasteiger partial charge in [-0.1, -0.05) is 13.8 Å². The van der Waals surface area contributed by atoms with Crippen LogP contribution in [0.4, 0.5) is 4.79 Å². The molecule has 0 bridgehead atoms. The SMILES string of the molecule is COCCNC(=O)CN(C)C(=O)N[C@H](CC(C)C)C(=O)O. The lowest BCUT2D eigenvalue weighted by molar-refractivity contribution is -0.139. The smallest absolute Gasteiger partial charge is 0.326 e. The van der Waals surface area contributed by atoms with Crippen LogP contribution in [0.15, 0.2) is 0 Å². The van der Waals surface area contributed by atoms with Gasteiger partial charge in [-0.2, -0.15) is 0 Å². The summed E-state index contributed by atoms with van der Waals surface area (Å²) in [5.41, 5.74) is 0. The fourth-order valence-corrected chi connectivity index (χ4v) is 1.59. The molecule has 3 amide bonds. The van der Waals surface area contributed by atoms with Crippen molar-refractivity contribution >= 4 is 17.9 Å². The minimum atomic E-state index is -1.09. The zero-order chi connectivity index (χ0) is 16.4. The molecule has 0 fully saturated rings. The Balaban J connectivity index is 4.29. The molecular formula is C13H25N3O5. The number of nitrogens with one attached hydrogen (secondary N) is 2. The molecule has 0 spiro atoms. The second kappa shape index (κ2) is 9.98. The number of methoxy groups -OCH3 is 1. The first kappa shape index (κ1) is 19.2. The average Bonchev–Trinajstić information content (AvgIpc) is 2.37. The molecule has 3 N–H and O–H groups in total. The van der Waals surface area contributed by atoms with E-state index in [0.29, 0.717) is 19.6 Å². The molecule has 0 aromatic carbocycles. The fraction of sp³-hybridized carbons (Fsp3) is 0.769. The third-order valence-electron chi connectivity index (χ3n) is 2.66. The van der Waals surface area contributed by atoms with E-state index in [1.807, 2.05) is 13.8 Å². The van der Waals surface area contributed by atoms with Crippen LogP contribution in [0.1, 0.15) is 20.3 Å². The number of carboxylic acids is 1. The van der Waals surface area contributed by atoms with E-state index >= 15 is 0 Å². The average molecular weight is 303 g/mol. The topological polar surface area (TPSA) is 108 Å². The van der Waals surface area contributed by atoms with Crippen molar-refractivity contribution in [2.45, 2.75) is 26.3 Å². The molecule has 0 aliphatic heterocycles. The van der Waals surface area contributed by atoms with E-state index in [1.54, 1.807) is 0 Å². The predicted octanol–water partition coefficient (Wildman–Crippen LogP) is -0.110. The highest BCUT2D eigenvalue weighted by atomic mass is 16.5. The van der Waals surface area contributed by atoms with Crippen LogP contribution in [-0.2, 0) is 14.3 Å². The molecule has 0 aliphatic carbocycles. The summed E-state index contributed by atoms with van der Waals surface area (Å²) in [6, 6.07) is -1.55. The van der Waals surface area contributed by atoms with Gasteiger partial charge in [-0.05, 0) is 12.3 Å². The zero-order valence-electron chi connectivity index (χ0n) is 13.0. The van der Waals surface area contributed by atoms with Crippen LogP contribution in [0.2, 0.25) is 0 Å². The number of ether oxygens (including phenoxy) is 1. The van der Waals surface area contributed by atoms with Crippen LogP contribution in [0.25, 0.3) is 0 Å². The maximum Gasteiger partial charge on any atom is 0.326 e. The summed E-state index contributed by atoms with van der Waals surface area (Å²) in [5.74, 6) is -1.29. The second-order valence-electron chi connectivity index (χ2n) is 5.17. The number of hydrogen-bond acceptors (Lipinski definition) is 4. The van der Waals surface area contributed by atoms with Crippen molar-refractivity contribution in [3.05, 3.63) is 0 Å². The number of amides is 3. The van der Waals surface area contributed by atoms with E-state index in [0.717, 1.165) is 4.90 Å². The number of nitrogens with zero attached hydrogens (tertiary/aromatic N) is 1. The first-order valence-electron chi connectivity index (χ1n) is 6.78. The van der Waals surface area contributed by atoms with Gasteiger partial charge in [0.15, 0.2) is 0 Å². The van der Waals surface area contributed by atoms with E-state index in [4.69, 9.17) is 9.84 Å². The van der Waals surface area contributed by atoms with Gasteiger partial charge >= 0.3 is 12.0 Å². The first-order chi connectivity index (χ1) is 9.77. The van der Waals surface area contributed by atoms with Crippen molar-refractivity contribution in [2.24, 2.45) is 5.92 Å². The van der Waals surface area contributed by atoms with Gasteiger partial charge in [-0.15, -0.1) is 0 Å². The summed E-state index contributed by atoms with van der Waals surface area (Å²) in [4.78, 5) is 35.6. The Hall–Kier alpha value is -1.83. The van der Waals surface area contributed by atoms with Gasteiger partial charge in [-0.3, -0.25) is 4.79 Å². The van der Waals surface area contributed by atoms with E-state index in [1.165, 1.54) is 14.2 Å². The molecular weight excluding hydrogens is 278 g/mol. The van der Waals surface area contributed by atoms with E-state index in [9.17, 15) is 14.4 Å². The number of urea groups is 1. The van der Waals surface area contributed by atoms with Crippen LogP contribution in [0.5, 0.6) is 0 Å². The largest absolute Gasteiger partial charge is 0.480 e.